The molecule has 3 N–H and O–H groups in total. The number of hydrogen-bond acceptors (Lipinski definition) is 4. The van der Waals surface area contributed by atoms with Gasteiger partial charge in [0.05, 0.1) is 13.0 Å². The Labute approximate surface area is 193 Å². The molecule has 3 aromatic carbocycles. The van der Waals surface area contributed by atoms with E-state index in [4.69, 9.17) is 17.0 Å². The number of amides is 2. The average Bonchev–Trinajstić information content (AvgIpc) is 2.78. The molecule has 3 rings (SSSR count). The summed E-state index contributed by atoms with van der Waals surface area (Å²) in [6, 6.07) is 23.5. The van der Waals surface area contributed by atoms with Gasteiger partial charge in [-0.25, -0.2) is 0 Å². The maximum atomic E-state index is 12.4. The van der Waals surface area contributed by atoms with Crippen LogP contribution in [0.5, 0.6) is 5.75 Å². The van der Waals surface area contributed by atoms with Gasteiger partial charge in [-0.15, -0.1) is 0 Å². The van der Waals surface area contributed by atoms with Crippen molar-refractivity contribution in [3.8, 4) is 5.75 Å². The molecule has 2 amide bonds. The second-order valence-electron chi connectivity index (χ2n) is 7.07. The lowest BCUT2D eigenvalue weighted by Gasteiger charge is -2.12. The third kappa shape index (κ3) is 7.21. The maximum Gasteiger partial charge on any atom is 0.257 e. The summed E-state index contributed by atoms with van der Waals surface area (Å²) < 4.78 is 5.52. The molecule has 0 aliphatic rings. The monoisotopic (exact) mass is 447 g/mol. The fourth-order valence-corrected chi connectivity index (χ4v) is 3.13. The standard InChI is InChI=1S/C25H25N3O3S/c1-2-15-31-22-13-11-19(12-14-22)24(30)28-25(32)27-21-10-6-9-20(17-21)26-23(29)16-18-7-4-3-5-8-18/h3-14,17H,2,15-16H2,1H3,(H,26,29)(H2,27,28,30,32). The van der Waals surface area contributed by atoms with Crippen LogP contribution in [-0.4, -0.2) is 23.5 Å². The highest BCUT2D eigenvalue weighted by atomic mass is 32.1. The van der Waals surface area contributed by atoms with Gasteiger partial charge in [0.1, 0.15) is 5.75 Å². The van der Waals surface area contributed by atoms with E-state index in [2.05, 4.69) is 16.0 Å². The van der Waals surface area contributed by atoms with Gasteiger partial charge in [-0.2, -0.15) is 0 Å². The largest absolute Gasteiger partial charge is 0.494 e. The van der Waals surface area contributed by atoms with Crippen molar-refractivity contribution in [1.29, 1.82) is 0 Å². The van der Waals surface area contributed by atoms with Crippen molar-refractivity contribution < 1.29 is 14.3 Å². The van der Waals surface area contributed by atoms with Crippen LogP contribution in [0.4, 0.5) is 11.4 Å². The number of thiocarbonyl (C=S) groups is 1. The van der Waals surface area contributed by atoms with Crippen LogP contribution in [0.15, 0.2) is 78.9 Å². The van der Waals surface area contributed by atoms with Crippen LogP contribution < -0.4 is 20.7 Å². The van der Waals surface area contributed by atoms with Gasteiger partial charge in [0.15, 0.2) is 5.11 Å². The van der Waals surface area contributed by atoms with Crippen molar-refractivity contribution in [2.24, 2.45) is 0 Å². The summed E-state index contributed by atoms with van der Waals surface area (Å²) in [6.07, 6.45) is 1.20. The van der Waals surface area contributed by atoms with Crippen LogP contribution >= 0.6 is 12.2 Å². The van der Waals surface area contributed by atoms with E-state index in [1.807, 2.05) is 37.3 Å². The number of benzene rings is 3. The zero-order chi connectivity index (χ0) is 22.8. The number of carbonyl (C=O) groups is 2. The normalized spacial score (nSPS) is 10.2. The first-order valence-corrected chi connectivity index (χ1v) is 10.7. The smallest absolute Gasteiger partial charge is 0.257 e. The lowest BCUT2D eigenvalue weighted by atomic mass is 10.1. The molecule has 0 fully saturated rings. The van der Waals surface area contributed by atoms with E-state index in [1.54, 1.807) is 48.5 Å². The summed E-state index contributed by atoms with van der Waals surface area (Å²) >= 11 is 5.26. The highest BCUT2D eigenvalue weighted by Gasteiger charge is 2.09. The zero-order valence-electron chi connectivity index (χ0n) is 17.8. The first-order chi connectivity index (χ1) is 15.5. The second kappa shape index (κ2) is 11.6. The molecule has 0 spiro atoms. The molecule has 0 bridgehead atoms. The summed E-state index contributed by atoms with van der Waals surface area (Å²) in [4.78, 5) is 24.7. The quantitative estimate of drug-likeness (QED) is 0.433. The molecule has 0 atom stereocenters. The van der Waals surface area contributed by atoms with Crippen molar-refractivity contribution in [3.05, 3.63) is 90.0 Å². The third-order valence-electron chi connectivity index (χ3n) is 4.43. The summed E-state index contributed by atoms with van der Waals surface area (Å²) in [5.74, 6) is 0.280. The predicted octanol–water partition coefficient (Wildman–Crippen LogP) is 4.78. The molecular formula is C25H25N3O3S. The highest BCUT2D eigenvalue weighted by Crippen LogP contribution is 2.16. The molecule has 32 heavy (non-hydrogen) atoms. The van der Waals surface area contributed by atoms with Crippen LogP contribution in [0.25, 0.3) is 0 Å². The highest BCUT2D eigenvalue weighted by molar-refractivity contribution is 7.80. The van der Waals surface area contributed by atoms with E-state index in [0.29, 0.717) is 23.5 Å². The van der Waals surface area contributed by atoms with Crippen LogP contribution in [0.2, 0.25) is 0 Å². The average molecular weight is 448 g/mol. The van der Waals surface area contributed by atoms with E-state index in [1.165, 1.54) is 0 Å². The van der Waals surface area contributed by atoms with Gasteiger partial charge in [0.25, 0.3) is 5.91 Å². The SMILES string of the molecule is CCCOc1ccc(C(=O)NC(=S)Nc2cccc(NC(=O)Cc3ccccc3)c2)cc1. The molecule has 0 saturated heterocycles. The first kappa shape index (κ1) is 23.0. The van der Waals surface area contributed by atoms with E-state index in [9.17, 15) is 9.59 Å². The third-order valence-corrected chi connectivity index (χ3v) is 4.63. The van der Waals surface area contributed by atoms with Gasteiger partial charge in [-0.3, -0.25) is 14.9 Å². The van der Waals surface area contributed by atoms with Gasteiger partial charge in [0, 0.05) is 16.9 Å². The molecular weight excluding hydrogens is 422 g/mol. The van der Waals surface area contributed by atoms with Gasteiger partial charge in [0.2, 0.25) is 5.91 Å². The lowest BCUT2D eigenvalue weighted by Crippen LogP contribution is -2.34. The Morgan fingerprint density at radius 3 is 2.25 bits per heavy atom. The molecule has 0 aliphatic heterocycles. The van der Waals surface area contributed by atoms with Crippen molar-refractivity contribution in [3.63, 3.8) is 0 Å². The topological polar surface area (TPSA) is 79.5 Å². The fraction of sp³-hybridized carbons (Fsp3) is 0.160. The van der Waals surface area contributed by atoms with E-state index in [-0.39, 0.29) is 23.3 Å². The van der Waals surface area contributed by atoms with E-state index in [0.717, 1.165) is 17.7 Å². The van der Waals surface area contributed by atoms with Crippen molar-refractivity contribution in [2.45, 2.75) is 19.8 Å². The molecule has 0 saturated carbocycles. The Bertz CT molecular complexity index is 1070. The molecule has 0 aliphatic carbocycles. The molecule has 0 unspecified atom stereocenters. The Kier molecular flexibility index (Phi) is 8.34. The number of anilines is 2. The molecule has 164 valence electrons. The van der Waals surface area contributed by atoms with Gasteiger partial charge < -0.3 is 15.4 Å². The summed E-state index contributed by atoms with van der Waals surface area (Å²) in [5.41, 5.74) is 2.69. The summed E-state index contributed by atoms with van der Waals surface area (Å²) in [5, 5.41) is 8.65. The minimum absolute atomic E-state index is 0.115. The van der Waals surface area contributed by atoms with Gasteiger partial charge in [-0.05, 0) is 66.7 Å². The van der Waals surface area contributed by atoms with Crippen molar-refractivity contribution in [1.82, 2.24) is 5.32 Å². The Balaban J connectivity index is 1.52. The van der Waals surface area contributed by atoms with E-state index >= 15 is 0 Å². The fourth-order valence-electron chi connectivity index (χ4n) is 2.92. The van der Waals surface area contributed by atoms with E-state index < -0.39 is 0 Å². The molecule has 3 aromatic rings. The van der Waals surface area contributed by atoms with Gasteiger partial charge >= 0.3 is 0 Å². The van der Waals surface area contributed by atoms with Crippen molar-refractivity contribution in [2.75, 3.05) is 17.2 Å². The maximum absolute atomic E-state index is 12.4. The second-order valence-corrected chi connectivity index (χ2v) is 7.48. The molecule has 0 radical (unpaired) electrons. The van der Waals surface area contributed by atoms with Crippen LogP contribution in [0, 0.1) is 0 Å². The Morgan fingerprint density at radius 2 is 1.56 bits per heavy atom. The number of rotatable bonds is 8. The number of carbonyl (C=O) groups excluding carboxylic acids is 2. The Morgan fingerprint density at radius 1 is 0.875 bits per heavy atom. The molecule has 0 aromatic heterocycles. The van der Waals surface area contributed by atoms with Crippen LogP contribution in [-0.2, 0) is 11.2 Å². The summed E-state index contributed by atoms with van der Waals surface area (Å²) in [7, 11) is 0. The van der Waals surface area contributed by atoms with Gasteiger partial charge in [-0.1, -0.05) is 43.3 Å². The van der Waals surface area contributed by atoms with Crippen LogP contribution in [0.1, 0.15) is 29.3 Å². The zero-order valence-corrected chi connectivity index (χ0v) is 18.6. The number of nitrogens with one attached hydrogen (secondary N) is 3. The molecule has 7 heteroatoms. The first-order valence-electron chi connectivity index (χ1n) is 10.3. The number of hydrogen-bond donors (Lipinski definition) is 3. The Hall–Kier alpha value is -3.71. The predicted molar refractivity (Wildman–Crippen MR) is 131 cm³/mol. The number of ether oxygens (including phenoxy) is 1. The summed E-state index contributed by atoms with van der Waals surface area (Å²) in [6.45, 7) is 2.66. The molecule has 0 heterocycles. The lowest BCUT2D eigenvalue weighted by molar-refractivity contribution is -0.115. The molecule has 6 nitrogen and oxygen atoms in total. The minimum Gasteiger partial charge on any atom is -0.494 e. The van der Waals surface area contributed by atoms with Crippen molar-refractivity contribution >= 4 is 40.5 Å². The minimum atomic E-state index is -0.322. The van der Waals surface area contributed by atoms with Crippen LogP contribution in [0.3, 0.4) is 0 Å².